The summed E-state index contributed by atoms with van der Waals surface area (Å²) < 4.78 is 23.8. The van der Waals surface area contributed by atoms with Gasteiger partial charge in [0.15, 0.2) is 11.5 Å². The van der Waals surface area contributed by atoms with Gasteiger partial charge in [0.05, 0.1) is 12.8 Å². The Hall–Kier alpha value is -2.56. The number of ether oxygens (including phenoxy) is 2. The van der Waals surface area contributed by atoms with Crippen molar-refractivity contribution in [1.82, 2.24) is 0 Å². The van der Waals surface area contributed by atoms with Crippen LogP contribution in [0.25, 0.3) is 0 Å². The lowest BCUT2D eigenvalue weighted by molar-refractivity contribution is 0.284. The van der Waals surface area contributed by atoms with Crippen molar-refractivity contribution in [1.29, 1.82) is 0 Å². The maximum atomic E-state index is 12.8. The predicted octanol–water partition coefficient (Wildman–Crippen LogP) is 3.61. The van der Waals surface area contributed by atoms with E-state index < -0.39 is 0 Å². The first kappa shape index (κ1) is 14.8. The van der Waals surface area contributed by atoms with E-state index in [1.807, 2.05) is 0 Å². The Balaban J connectivity index is 2.14. The second kappa shape index (κ2) is 6.74. The Bertz CT molecular complexity index is 638. The van der Waals surface area contributed by atoms with Crippen LogP contribution in [0.3, 0.4) is 0 Å². The van der Waals surface area contributed by atoms with Gasteiger partial charge in [0, 0.05) is 5.56 Å². The number of benzene rings is 2. The van der Waals surface area contributed by atoms with E-state index >= 15 is 0 Å². The molecular weight excluding hydrogens is 273 g/mol. The summed E-state index contributed by atoms with van der Waals surface area (Å²) in [6.07, 6.45) is 0. The Morgan fingerprint density at radius 3 is 2.48 bits per heavy atom. The third-order valence-electron chi connectivity index (χ3n) is 3.04. The molecule has 2 aromatic rings. The maximum Gasteiger partial charge on any atom is 0.161 e. The Labute approximate surface area is 122 Å². The van der Waals surface area contributed by atoms with Crippen LogP contribution in [-0.2, 0) is 6.61 Å². The zero-order valence-electron chi connectivity index (χ0n) is 11.8. The molecule has 0 fully saturated rings. The highest BCUT2D eigenvalue weighted by Crippen LogP contribution is 2.29. The fourth-order valence-corrected chi connectivity index (χ4v) is 1.81. The molecule has 5 heteroatoms. The maximum absolute atomic E-state index is 12.8. The average Bonchev–Trinajstić information content (AvgIpc) is 2.53. The third kappa shape index (κ3) is 3.72. The Kier molecular flexibility index (Phi) is 4.77. The number of nitrogens with zero attached hydrogens (tertiary/aromatic N) is 1. The van der Waals surface area contributed by atoms with E-state index in [9.17, 15) is 4.39 Å². The molecule has 0 spiro atoms. The molecule has 0 aromatic heterocycles. The lowest BCUT2D eigenvalue weighted by Crippen LogP contribution is -2.00. The summed E-state index contributed by atoms with van der Waals surface area (Å²) in [6.45, 7) is 2.00. The number of halogens is 1. The van der Waals surface area contributed by atoms with Gasteiger partial charge in [0.25, 0.3) is 0 Å². The third-order valence-corrected chi connectivity index (χ3v) is 3.04. The van der Waals surface area contributed by atoms with Crippen molar-refractivity contribution in [2.75, 3.05) is 7.11 Å². The van der Waals surface area contributed by atoms with Crippen LogP contribution < -0.4 is 9.47 Å². The van der Waals surface area contributed by atoms with E-state index in [0.717, 1.165) is 11.1 Å². The van der Waals surface area contributed by atoms with Gasteiger partial charge >= 0.3 is 0 Å². The SMILES string of the molecule is COc1cc(/C(C)=N/O)ccc1OCc1ccc(F)cc1. The van der Waals surface area contributed by atoms with E-state index in [2.05, 4.69) is 5.16 Å². The number of hydrogen-bond acceptors (Lipinski definition) is 4. The van der Waals surface area contributed by atoms with E-state index in [0.29, 0.717) is 23.8 Å². The zero-order valence-corrected chi connectivity index (χ0v) is 11.8. The molecule has 4 nitrogen and oxygen atoms in total. The van der Waals surface area contributed by atoms with Crippen LogP contribution in [-0.4, -0.2) is 18.0 Å². The van der Waals surface area contributed by atoms with Gasteiger partial charge in [0.2, 0.25) is 0 Å². The molecule has 2 rings (SSSR count). The van der Waals surface area contributed by atoms with Crippen LogP contribution in [0.15, 0.2) is 47.6 Å². The second-order valence-corrected chi connectivity index (χ2v) is 4.47. The lowest BCUT2D eigenvalue weighted by atomic mass is 10.1. The van der Waals surface area contributed by atoms with Crippen molar-refractivity contribution < 1.29 is 19.1 Å². The van der Waals surface area contributed by atoms with Crippen LogP contribution in [0, 0.1) is 5.82 Å². The van der Waals surface area contributed by atoms with Gasteiger partial charge in [-0.2, -0.15) is 0 Å². The van der Waals surface area contributed by atoms with Gasteiger partial charge in [-0.1, -0.05) is 17.3 Å². The molecule has 0 aliphatic rings. The fourth-order valence-electron chi connectivity index (χ4n) is 1.81. The molecule has 1 N–H and O–H groups in total. The van der Waals surface area contributed by atoms with Crippen molar-refractivity contribution in [3.8, 4) is 11.5 Å². The fraction of sp³-hybridized carbons (Fsp3) is 0.188. The van der Waals surface area contributed by atoms with E-state index in [1.165, 1.54) is 19.2 Å². The highest BCUT2D eigenvalue weighted by atomic mass is 19.1. The molecule has 0 saturated carbocycles. The minimum absolute atomic E-state index is 0.278. The molecule has 0 radical (unpaired) electrons. The lowest BCUT2D eigenvalue weighted by Gasteiger charge is -2.12. The number of hydrogen-bond donors (Lipinski definition) is 1. The molecule has 0 aliphatic carbocycles. The van der Waals surface area contributed by atoms with Gasteiger partial charge in [0.1, 0.15) is 12.4 Å². The average molecular weight is 289 g/mol. The van der Waals surface area contributed by atoms with Gasteiger partial charge in [-0.15, -0.1) is 0 Å². The van der Waals surface area contributed by atoms with Crippen molar-refractivity contribution >= 4 is 5.71 Å². The van der Waals surface area contributed by atoms with Crippen molar-refractivity contribution in [2.45, 2.75) is 13.5 Å². The monoisotopic (exact) mass is 289 g/mol. The molecule has 0 aliphatic heterocycles. The van der Waals surface area contributed by atoms with Crippen LogP contribution in [0.4, 0.5) is 4.39 Å². The second-order valence-electron chi connectivity index (χ2n) is 4.47. The smallest absolute Gasteiger partial charge is 0.161 e. The summed E-state index contributed by atoms with van der Waals surface area (Å²) in [5.74, 6) is 0.827. The number of rotatable bonds is 5. The van der Waals surface area contributed by atoms with Gasteiger partial charge in [-0.3, -0.25) is 0 Å². The van der Waals surface area contributed by atoms with Gasteiger partial charge in [-0.05, 0) is 42.8 Å². The summed E-state index contributed by atoms with van der Waals surface area (Å²) in [6, 6.07) is 11.4. The molecule has 0 unspecified atom stereocenters. The predicted molar refractivity (Wildman–Crippen MR) is 77.7 cm³/mol. The van der Waals surface area contributed by atoms with Crippen LogP contribution in [0.5, 0.6) is 11.5 Å². The standard InChI is InChI=1S/C16H16FNO3/c1-11(18-19)13-5-8-15(16(9-13)20-2)21-10-12-3-6-14(17)7-4-12/h3-9,19H,10H2,1-2H3/b18-11+. The minimum atomic E-state index is -0.278. The quantitative estimate of drug-likeness (QED) is 0.519. The Morgan fingerprint density at radius 2 is 1.86 bits per heavy atom. The molecule has 2 aromatic carbocycles. The first-order valence-corrected chi connectivity index (χ1v) is 6.38. The zero-order chi connectivity index (χ0) is 15.2. The first-order chi connectivity index (χ1) is 10.1. The normalized spacial score (nSPS) is 11.3. The van der Waals surface area contributed by atoms with Crippen molar-refractivity contribution in [3.05, 3.63) is 59.4 Å². The highest BCUT2D eigenvalue weighted by molar-refractivity contribution is 5.98. The first-order valence-electron chi connectivity index (χ1n) is 6.38. The topological polar surface area (TPSA) is 51.0 Å². The summed E-state index contributed by atoms with van der Waals surface area (Å²) in [7, 11) is 1.54. The van der Waals surface area contributed by atoms with Crippen molar-refractivity contribution in [3.63, 3.8) is 0 Å². The van der Waals surface area contributed by atoms with E-state index in [-0.39, 0.29) is 5.82 Å². The van der Waals surface area contributed by atoms with E-state index in [1.54, 1.807) is 37.3 Å². The highest BCUT2D eigenvalue weighted by Gasteiger charge is 2.08. The Morgan fingerprint density at radius 1 is 1.14 bits per heavy atom. The minimum Gasteiger partial charge on any atom is -0.493 e. The van der Waals surface area contributed by atoms with Crippen LogP contribution >= 0.6 is 0 Å². The van der Waals surface area contributed by atoms with Gasteiger partial charge in [-0.25, -0.2) is 4.39 Å². The molecule has 0 atom stereocenters. The molecule has 21 heavy (non-hydrogen) atoms. The summed E-state index contributed by atoms with van der Waals surface area (Å²) >= 11 is 0. The van der Waals surface area contributed by atoms with Crippen molar-refractivity contribution in [2.24, 2.45) is 5.16 Å². The summed E-state index contributed by atoms with van der Waals surface area (Å²) in [5.41, 5.74) is 2.08. The number of methoxy groups -OCH3 is 1. The molecule has 0 saturated heterocycles. The van der Waals surface area contributed by atoms with Crippen LogP contribution in [0.1, 0.15) is 18.1 Å². The molecule has 110 valence electrons. The molecule has 0 heterocycles. The molecule has 0 amide bonds. The van der Waals surface area contributed by atoms with E-state index in [4.69, 9.17) is 14.7 Å². The molecule has 0 bridgehead atoms. The largest absolute Gasteiger partial charge is 0.493 e. The van der Waals surface area contributed by atoms with Crippen LogP contribution in [0.2, 0.25) is 0 Å². The number of oxime groups is 1. The van der Waals surface area contributed by atoms with Gasteiger partial charge < -0.3 is 14.7 Å². The summed E-state index contributed by atoms with van der Waals surface area (Å²) in [5, 5.41) is 11.9. The molecular formula is C16H16FNO3. The summed E-state index contributed by atoms with van der Waals surface area (Å²) in [4.78, 5) is 0.